The molecule has 4 rings (SSSR count). The van der Waals surface area contributed by atoms with E-state index in [0.717, 1.165) is 10.0 Å². The highest BCUT2D eigenvalue weighted by Crippen LogP contribution is 2.26. The van der Waals surface area contributed by atoms with Crippen molar-refractivity contribution in [2.24, 2.45) is 0 Å². The van der Waals surface area contributed by atoms with Crippen molar-refractivity contribution in [3.05, 3.63) is 88.9 Å². The minimum Gasteiger partial charge on any atom is -0.497 e. The fraction of sp³-hybridized carbons (Fsp3) is 0.0800. The summed E-state index contributed by atoms with van der Waals surface area (Å²) in [6, 6.07) is 23.6. The van der Waals surface area contributed by atoms with Gasteiger partial charge in [-0.2, -0.15) is 0 Å². The Kier molecular flexibility index (Phi) is 6.47. The van der Waals surface area contributed by atoms with E-state index in [1.165, 1.54) is 0 Å². The van der Waals surface area contributed by atoms with Crippen molar-refractivity contribution in [2.45, 2.75) is 0 Å². The van der Waals surface area contributed by atoms with Crippen molar-refractivity contribution >= 4 is 44.4 Å². The van der Waals surface area contributed by atoms with Crippen LogP contribution in [0.5, 0.6) is 5.75 Å². The minimum atomic E-state index is -0.595. The van der Waals surface area contributed by atoms with Gasteiger partial charge in [-0.1, -0.05) is 52.3 Å². The van der Waals surface area contributed by atoms with E-state index < -0.39 is 18.5 Å². The highest BCUT2D eigenvalue weighted by molar-refractivity contribution is 9.10. The van der Waals surface area contributed by atoms with Crippen LogP contribution in [0.4, 0.5) is 5.69 Å². The van der Waals surface area contributed by atoms with Crippen LogP contribution in [0.15, 0.2) is 83.3 Å². The highest BCUT2D eigenvalue weighted by atomic mass is 79.9. The van der Waals surface area contributed by atoms with E-state index in [1.807, 2.05) is 42.5 Å². The van der Waals surface area contributed by atoms with Crippen LogP contribution in [0.3, 0.4) is 0 Å². The van der Waals surface area contributed by atoms with Crippen molar-refractivity contribution in [3.8, 4) is 17.0 Å². The molecule has 0 bridgehead atoms. The van der Waals surface area contributed by atoms with Crippen LogP contribution in [0, 0.1) is 0 Å². The second-order valence-electron chi connectivity index (χ2n) is 6.94. The predicted molar refractivity (Wildman–Crippen MR) is 127 cm³/mol. The minimum absolute atomic E-state index is 0.350. The van der Waals surface area contributed by atoms with Crippen LogP contribution < -0.4 is 10.1 Å². The summed E-state index contributed by atoms with van der Waals surface area (Å²) in [4.78, 5) is 29.9. The fourth-order valence-corrected chi connectivity index (χ4v) is 3.48. The third kappa shape index (κ3) is 4.95. The molecule has 0 saturated heterocycles. The summed E-state index contributed by atoms with van der Waals surface area (Å²) < 4.78 is 11.4. The number of carbonyl (C=O) groups is 2. The van der Waals surface area contributed by atoms with Gasteiger partial charge in [0.1, 0.15) is 5.75 Å². The van der Waals surface area contributed by atoms with Gasteiger partial charge in [-0.3, -0.25) is 4.79 Å². The molecule has 4 aromatic rings. The topological polar surface area (TPSA) is 77.5 Å². The number of para-hydroxylation sites is 1. The molecule has 7 heteroatoms. The van der Waals surface area contributed by atoms with Crippen molar-refractivity contribution < 1.29 is 19.1 Å². The van der Waals surface area contributed by atoms with Gasteiger partial charge in [0, 0.05) is 27.2 Å². The molecule has 0 fully saturated rings. The Morgan fingerprint density at radius 1 is 0.969 bits per heavy atom. The lowest BCUT2D eigenvalue weighted by Crippen LogP contribution is -2.21. The molecular weight excluding hydrogens is 472 g/mol. The van der Waals surface area contributed by atoms with Gasteiger partial charge in [-0.05, 0) is 36.4 Å². The van der Waals surface area contributed by atoms with Crippen LogP contribution in [0.1, 0.15) is 10.4 Å². The molecule has 0 unspecified atom stereocenters. The SMILES string of the molecule is COc1cccc(NC(=O)COC(=O)c2cc(-c3ccc(Br)cc3)nc3ccccc23)c1. The number of amides is 1. The molecular formula is C25H19BrN2O4. The number of pyridine rings is 1. The van der Waals surface area contributed by atoms with Crippen molar-refractivity contribution in [3.63, 3.8) is 0 Å². The van der Waals surface area contributed by atoms with Crippen molar-refractivity contribution in [1.29, 1.82) is 0 Å². The second-order valence-corrected chi connectivity index (χ2v) is 7.85. The van der Waals surface area contributed by atoms with E-state index in [0.29, 0.717) is 33.6 Å². The normalized spacial score (nSPS) is 10.6. The smallest absolute Gasteiger partial charge is 0.339 e. The number of nitrogens with one attached hydrogen (secondary N) is 1. The summed E-state index contributed by atoms with van der Waals surface area (Å²) in [6.45, 7) is -0.416. The molecule has 0 atom stereocenters. The lowest BCUT2D eigenvalue weighted by Gasteiger charge is -2.11. The van der Waals surface area contributed by atoms with E-state index >= 15 is 0 Å². The zero-order valence-corrected chi connectivity index (χ0v) is 18.8. The molecule has 1 N–H and O–H groups in total. The van der Waals surface area contributed by atoms with Crippen LogP contribution in [-0.4, -0.2) is 30.6 Å². The third-order valence-electron chi connectivity index (χ3n) is 4.76. The Hall–Kier alpha value is -3.71. The number of fused-ring (bicyclic) bond motifs is 1. The maximum atomic E-state index is 12.9. The van der Waals surface area contributed by atoms with Gasteiger partial charge in [0.05, 0.1) is 23.9 Å². The lowest BCUT2D eigenvalue weighted by atomic mass is 10.0. The maximum Gasteiger partial charge on any atom is 0.339 e. The number of benzene rings is 3. The number of hydrogen-bond donors (Lipinski definition) is 1. The molecule has 1 aromatic heterocycles. The van der Waals surface area contributed by atoms with Gasteiger partial charge in [0.25, 0.3) is 5.91 Å². The van der Waals surface area contributed by atoms with Crippen LogP contribution in [0.25, 0.3) is 22.2 Å². The zero-order valence-electron chi connectivity index (χ0n) is 17.2. The summed E-state index contributed by atoms with van der Waals surface area (Å²) in [7, 11) is 1.55. The summed E-state index contributed by atoms with van der Waals surface area (Å²) in [5, 5.41) is 3.35. The van der Waals surface area contributed by atoms with Crippen LogP contribution in [0.2, 0.25) is 0 Å². The van der Waals surface area contributed by atoms with Crippen molar-refractivity contribution in [2.75, 3.05) is 19.0 Å². The number of halogens is 1. The first kappa shape index (κ1) is 21.5. The first-order chi connectivity index (χ1) is 15.5. The molecule has 0 radical (unpaired) electrons. The molecule has 32 heavy (non-hydrogen) atoms. The van der Waals surface area contributed by atoms with Gasteiger partial charge in [0.15, 0.2) is 6.61 Å². The number of nitrogens with zero attached hydrogens (tertiary/aromatic N) is 1. The molecule has 1 amide bonds. The molecule has 1 heterocycles. The molecule has 6 nitrogen and oxygen atoms in total. The number of ether oxygens (including phenoxy) is 2. The second kappa shape index (κ2) is 9.62. The Morgan fingerprint density at radius 2 is 1.75 bits per heavy atom. The maximum absolute atomic E-state index is 12.9. The molecule has 0 saturated carbocycles. The Morgan fingerprint density at radius 3 is 2.53 bits per heavy atom. The Balaban J connectivity index is 1.54. The summed E-state index contributed by atoms with van der Waals surface area (Å²) in [6.07, 6.45) is 0. The van der Waals surface area contributed by atoms with Gasteiger partial charge >= 0.3 is 5.97 Å². The molecule has 3 aromatic carbocycles. The van der Waals surface area contributed by atoms with E-state index in [1.54, 1.807) is 43.5 Å². The number of esters is 1. The largest absolute Gasteiger partial charge is 0.497 e. The number of rotatable bonds is 6. The fourth-order valence-electron chi connectivity index (χ4n) is 3.22. The Bertz CT molecular complexity index is 1290. The summed E-state index contributed by atoms with van der Waals surface area (Å²) in [5.41, 5.74) is 3.08. The van der Waals surface area contributed by atoms with Gasteiger partial charge < -0.3 is 14.8 Å². The molecule has 160 valence electrons. The molecule has 0 spiro atoms. The Labute approximate surface area is 193 Å². The van der Waals surface area contributed by atoms with E-state index in [4.69, 9.17) is 9.47 Å². The third-order valence-corrected chi connectivity index (χ3v) is 5.29. The quantitative estimate of drug-likeness (QED) is 0.362. The highest BCUT2D eigenvalue weighted by Gasteiger charge is 2.17. The van der Waals surface area contributed by atoms with E-state index in [2.05, 4.69) is 26.2 Å². The zero-order chi connectivity index (χ0) is 22.5. The first-order valence-electron chi connectivity index (χ1n) is 9.80. The van der Waals surface area contributed by atoms with E-state index in [9.17, 15) is 9.59 Å². The molecule has 0 aliphatic rings. The van der Waals surface area contributed by atoms with Crippen molar-refractivity contribution in [1.82, 2.24) is 4.98 Å². The van der Waals surface area contributed by atoms with Gasteiger partial charge in [-0.15, -0.1) is 0 Å². The monoisotopic (exact) mass is 490 g/mol. The molecule has 0 aliphatic carbocycles. The number of methoxy groups -OCH3 is 1. The number of carbonyl (C=O) groups excluding carboxylic acids is 2. The first-order valence-corrected chi connectivity index (χ1v) is 10.6. The van der Waals surface area contributed by atoms with Crippen LogP contribution >= 0.6 is 15.9 Å². The average Bonchev–Trinajstić information content (AvgIpc) is 2.82. The summed E-state index contributed by atoms with van der Waals surface area (Å²) >= 11 is 3.42. The lowest BCUT2D eigenvalue weighted by molar-refractivity contribution is -0.119. The number of anilines is 1. The average molecular weight is 491 g/mol. The summed E-state index contributed by atoms with van der Waals surface area (Å²) in [5.74, 6) is -0.427. The predicted octanol–water partition coefficient (Wildman–Crippen LogP) is 5.47. The molecule has 0 aliphatic heterocycles. The number of aromatic nitrogens is 1. The van der Waals surface area contributed by atoms with Gasteiger partial charge in [-0.25, -0.2) is 9.78 Å². The van der Waals surface area contributed by atoms with Gasteiger partial charge in [0.2, 0.25) is 0 Å². The van der Waals surface area contributed by atoms with Crippen LogP contribution in [-0.2, 0) is 9.53 Å². The van der Waals surface area contributed by atoms with E-state index in [-0.39, 0.29) is 0 Å². The number of hydrogen-bond acceptors (Lipinski definition) is 5. The standard InChI is InChI=1S/C25H19BrN2O4/c1-31-19-6-4-5-18(13-19)27-24(29)15-32-25(30)21-14-23(16-9-11-17(26)12-10-16)28-22-8-3-2-7-20(21)22/h2-14H,15H2,1H3,(H,27,29).